The molecule has 170 valence electrons. The number of H-pyrrole nitrogens is 1. The predicted octanol–water partition coefficient (Wildman–Crippen LogP) is 3.71. The van der Waals surface area contributed by atoms with E-state index < -0.39 is 17.4 Å². The average Bonchev–Trinajstić information content (AvgIpc) is 2.79. The van der Waals surface area contributed by atoms with Crippen LogP contribution in [-0.2, 0) is 9.59 Å². The van der Waals surface area contributed by atoms with Crippen molar-refractivity contribution in [2.75, 3.05) is 23.1 Å². The number of methoxy groups -OCH3 is 1. The summed E-state index contributed by atoms with van der Waals surface area (Å²) in [6.45, 7) is 4.17. The Bertz CT molecular complexity index is 1230. The summed E-state index contributed by atoms with van der Waals surface area (Å²) in [6.07, 6.45) is -0.140. The standard InChI is InChI=1S/C24H25N5O4/c1-13(2)14-4-6-15(7-5-14)25-22(31)18-12-19(30)27-21-20(18)23(32)29-24(28-21)26-16-8-10-17(33-3)11-9-16/h4-11,13,18H,12H2,1-3H3,(H,25,31)(H3,26,27,28,29,30,32)/t18-/m1/s1. The Morgan fingerprint density at radius 1 is 1.06 bits per heavy atom. The number of nitrogens with one attached hydrogen (secondary N) is 4. The van der Waals surface area contributed by atoms with Gasteiger partial charge >= 0.3 is 0 Å². The first kappa shape index (κ1) is 22.1. The lowest BCUT2D eigenvalue weighted by Crippen LogP contribution is -2.36. The second kappa shape index (κ2) is 9.15. The first-order chi connectivity index (χ1) is 15.8. The van der Waals surface area contributed by atoms with E-state index in [1.54, 1.807) is 43.5 Å². The number of anilines is 4. The zero-order valence-electron chi connectivity index (χ0n) is 18.6. The van der Waals surface area contributed by atoms with Gasteiger partial charge in [0.1, 0.15) is 11.6 Å². The molecule has 3 aromatic rings. The second-order valence-electron chi connectivity index (χ2n) is 8.10. The van der Waals surface area contributed by atoms with Crippen LogP contribution in [0.5, 0.6) is 5.75 Å². The third kappa shape index (κ3) is 4.87. The molecular weight excluding hydrogens is 422 g/mol. The van der Waals surface area contributed by atoms with E-state index >= 15 is 0 Å². The SMILES string of the molecule is COc1ccc(Nc2nc3c(c(=O)[nH]2)[C@H](C(=O)Nc2ccc(C(C)C)cc2)CC(=O)N3)cc1. The molecule has 1 aliphatic heterocycles. The van der Waals surface area contributed by atoms with Gasteiger partial charge in [0.25, 0.3) is 5.56 Å². The fraction of sp³-hybridized carbons (Fsp3) is 0.250. The molecule has 9 nitrogen and oxygen atoms in total. The molecule has 0 aliphatic carbocycles. The van der Waals surface area contributed by atoms with Gasteiger partial charge in [-0.05, 0) is 47.9 Å². The van der Waals surface area contributed by atoms with Crippen LogP contribution >= 0.6 is 0 Å². The van der Waals surface area contributed by atoms with E-state index in [0.717, 1.165) is 5.56 Å². The topological polar surface area (TPSA) is 125 Å². The van der Waals surface area contributed by atoms with Gasteiger partial charge in [0.05, 0.1) is 18.6 Å². The highest BCUT2D eigenvalue weighted by atomic mass is 16.5. The van der Waals surface area contributed by atoms with E-state index in [1.807, 2.05) is 12.1 Å². The Kier molecular flexibility index (Phi) is 6.12. The molecule has 4 rings (SSSR count). The average molecular weight is 447 g/mol. The van der Waals surface area contributed by atoms with Gasteiger partial charge < -0.3 is 20.7 Å². The van der Waals surface area contributed by atoms with Crippen LogP contribution in [0.3, 0.4) is 0 Å². The van der Waals surface area contributed by atoms with Crippen molar-refractivity contribution < 1.29 is 14.3 Å². The van der Waals surface area contributed by atoms with Gasteiger partial charge in [0.2, 0.25) is 17.8 Å². The molecule has 2 heterocycles. The van der Waals surface area contributed by atoms with Crippen LogP contribution in [0.15, 0.2) is 53.3 Å². The lowest BCUT2D eigenvalue weighted by atomic mass is 9.92. The Morgan fingerprint density at radius 2 is 1.73 bits per heavy atom. The van der Waals surface area contributed by atoms with Crippen LogP contribution in [0, 0.1) is 0 Å². The lowest BCUT2D eigenvalue weighted by Gasteiger charge is -2.23. The van der Waals surface area contributed by atoms with Gasteiger partial charge in [-0.15, -0.1) is 0 Å². The Morgan fingerprint density at radius 3 is 2.36 bits per heavy atom. The molecule has 1 aromatic heterocycles. The molecule has 1 atom stereocenters. The minimum absolute atomic E-state index is 0.0707. The third-order valence-corrected chi connectivity index (χ3v) is 5.47. The van der Waals surface area contributed by atoms with Crippen LogP contribution in [0.1, 0.15) is 43.2 Å². The highest BCUT2D eigenvalue weighted by Gasteiger charge is 2.34. The van der Waals surface area contributed by atoms with Crippen molar-refractivity contribution in [2.24, 2.45) is 0 Å². The molecule has 2 aromatic carbocycles. The molecule has 0 radical (unpaired) electrons. The molecule has 0 spiro atoms. The maximum Gasteiger partial charge on any atom is 0.258 e. The Balaban J connectivity index is 1.57. The zero-order chi connectivity index (χ0) is 23.5. The summed E-state index contributed by atoms with van der Waals surface area (Å²) in [5, 5.41) is 8.39. The highest BCUT2D eigenvalue weighted by molar-refractivity contribution is 6.04. The summed E-state index contributed by atoms with van der Waals surface area (Å²) in [6, 6.07) is 14.5. The maximum absolute atomic E-state index is 13.0. The van der Waals surface area contributed by atoms with E-state index in [1.165, 1.54) is 0 Å². The number of hydrogen-bond donors (Lipinski definition) is 4. The molecule has 0 saturated carbocycles. The van der Waals surface area contributed by atoms with E-state index in [4.69, 9.17) is 4.74 Å². The molecule has 9 heteroatoms. The van der Waals surface area contributed by atoms with Crippen molar-refractivity contribution in [3.05, 3.63) is 70.0 Å². The number of hydrogen-bond acceptors (Lipinski definition) is 6. The van der Waals surface area contributed by atoms with Crippen LogP contribution in [-0.4, -0.2) is 28.9 Å². The Labute approximate surface area is 190 Å². The van der Waals surface area contributed by atoms with Crippen LogP contribution in [0.4, 0.5) is 23.1 Å². The number of aromatic nitrogens is 2. The quantitative estimate of drug-likeness (QED) is 0.457. The summed E-state index contributed by atoms with van der Waals surface area (Å²) >= 11 is 0. The smallest absolute Gasteiger partial charge is 0.258 e. The minimum atomic E-state index is -0.954. The molecule has 0 saturated heterocycles. The second-order valence-corrected chi connectivity index (χ2v) is 8.10. The number of carbonyl (C=O) groups excluding carboxylic acids is 2. The number of rotatable bonds is 6. The van der Waals surface area contributed by atoms with Crippen molar-refractivity contribution in [1.82, 2.24) is 9.97 Å². The summed E-state index contributed by atoms with van der Waals surface area (Å²) in [5.74, 6) is -0.500. The normalized spacial score (nSPS) is 14.9. The molecule has 4 N–H and O–H groups in total. The van der Waals surface area contributed by atoms with Gasteiger partial charge in [-0.3, -0.25) is 19.4 Å². The number of amides is 2. The molecule has 1 aliphatic rings. The number of benzene rings is 2. The summed E-state index contributed by atoms with van der Waals surface area (Å²) in [5.41, 5.74) is 2.05. The zero-order valence-corrected chi connectivity index (χ0v) is 18.6. The number of ether oxygens (including phenoxy) is 1. The van der Waals surface area contributed by atoms with E-state index in [-0.39, 0.29) is 29.7 Å². The molecule has 0 fully saturated rings. The molecule has 33 heavy (non-hydrogen) atoms. The van der Waals surface area contributed by atoms with E-state index in [9.17, 15) is 14.4 Å². The number of carbonyl (C=O) groups is 2. The fourth-order valence-corrected chi connectivity index (χ4v) is 3.65. The number of fused-ring (bicyclic) bond motifs is 1. The van der Waals surface area contributed by atoms with Crippen molar-refractivity contribution >= 4 is 35.0 Å². The van der Waals surface area contributed by atoms with Crippen LogP contribution < -0.4 is 26.2 Å². The monoisotopic (exact) mass is 447 g/mol. The fourth-order valence-electron chi connectivity index (χ4n) is 3.65. The molecule has 2 amide bonds. The van der Waals surface area contributed by atoms with Crippen LogP contribution in [0.25, 0.3) is 0 Å². The minimum Gasteiger partial charge on any atom is -0.497 e. The summed E-state index contributed by atoms with van der Waals surface area (Å²) in [7, 11) is 1.57. The first-order valence-electron chi connectivity index (χ1n) is 10.6. The third-order valence-electron chi connectivity index (χ3n) is 5.47. The first-order valence-corrected chi connectivity index (χ1v) is 10.6. The highest BCUT2D eigenvalue weighted by Crippen LogP contribution is 2.30. The van der Waals surface area contributed by atoms with Gasteiger partial charge in [-0.2, -0.15) is 4.98 Å². The van der Waals surface area contributed by atoms with Crippen LogP contribution in [0.2, 0.25) is 0 Å². The van der Waals surface area contributed by atoms with Crippen molar-refractivity contribution in [3.8, 4) is 5.75 Å². The van der Waals surface area contributed by atoms with Gasteiger partial charge in [-0.25, -0.2) is 0 Å². The molecule has 0 unspecified atom stereocenters. The van der Waals surface area contributed by atoms with Crippen molar-refractivity contribution in [3.63, 3.8) is 0 Å². The van der Waals surface area contributed by atoms with Gasteiger partial charge in [0, 0.05) is 17.8 Å². The van der Waals surface area contributed by atoms with Crippen molar-refractivity contribution in [2.45, 2.75) is 32.1 Å². The van der Waals surface area contributed by atoms with Gasteiger partial charge in [-0.1, -0.05) is 26.0 Å². The largest absolute Gasteiger partial charge is 0.497 e. The van der Waals surface area contributed by atoms with E-state index in [2.05, 4.69) is 39.8 Å². The molecular formula is C24H25N5O4. The Hall–Kier alpha value is -4.14. The summed E-state index contributed by atoms with van der Waals surface area (Å²) < 4.78 is 5.13. The number of aromatic amines is 1. The summed E-state index contributed by atoms with van der Waals surface area (Å²) in [4.78, 5) is 45.1. The number of nitrogens with zero attached hydrogens (tertiary/aromatic N) is 1. The van der Waals surface area contributed by atoms with E-state index in [0.29, 0.717) is 23.0 Å². The predicted molar refractivity (Wildman–Crippen MR) is 126 cm³/mol. The molecule has 0 bridgehead atoms. The lowest BCUT2D eigenvalue weighted by molar-refractivity contribution is -0.123. The van der Waals surface area contributed by atoms with Gasteiger partial charge in [0.15, 0.2) is 0 Å². The maximum atomic E-state index is 13.0. The van der Waals surface area contributed by atoms with Crippen molar-refractivity contribution in [1.29, 1.82) is 0 Å².